The molecule has 1 aliphatic rings. The number of carbonyl (C=O) groups is 3. The quantitative estimate of drug-likeness (QED) is 0.574. The van der Waals surface area contributed by atoms with E-state index < -0.39 is 29.8 Å². The molecule has 2 atom stereocenters. The van der Waals surface area contributed by atoms with Crippen LogP contribution in [0.4, 0.5) is 9.59 Å². The van der Waals surface area contributed by atoms with Gasteiger partial charge >= 0.3 is 18.1 Å². The number of esters is 1. The summed E-state index contributed by atoms with van der Waals surface area (Å²) in [5.74, 6) is -0.713. The maximum absolute atomic E-state index is 12.7. The first-order chi connectivity index (χ1) is 15.5. The minimum Gasteiger partial charge on any atom is -0.469 e. The molecule has 0 spiro atoms. The predicted molar refractivity (Wildman–Crippen MR) is 125 cm³/mol. The van der Waals surface area contributed by atoms with Gasteiger partial charge in [0, 0.05) is 32.1 Å². The number of nitrogens with zero attached hydrogens (tertiary/aromatic N) is 1. The third-order valence-electron chi connectivity index (χ3n) is 4.89. The first-order valence-electron chi connectivity index (χ1n) is 10.6. The van der Waals surface area contributed by atoms with Crippen LogP contribution in [0, 0.1) is 0 Å². The van der Waals surface area contributed by atoms with Crippen LogP contribution in [-0.4, -0.2) is 74.6 Å². The first-order valence-corrected chi connectivity index (χ1v) is 11.4. The van der Waals surface area contributed by atoms with Gasteiger partial charge in [0.1, 0.15) is 5.60 Å². The molecule has 3 amide bonds. The molecule has 1 aromatic rings. The molecule has 0 radical (unpaired) electrons. The van der Waals surface area contributed by atoms with Gasteiger partial charge in [-0.15, -0.1) is 0 Å². The van der Waals surface area contributed by atoms with E-state index in [1.54, 1.807) is 37.8 Å². The molecule has 0 bridgehead atoms. The molecule has 184 valence electrons. The molecule has 1 aliphatic heterocycles. The van der Waals surface area contributed by atoms with Gasteiger partial charge in [0.2, 0.25) is 0 Å². The van der Waals surface area contributed by atoms with Gasteiger partial charge in [-0.25, -0.2) is 9.59 Å². The second-order valence-corrected chi connectivity index (χ2v) is 9.39. The Hall–Kier alpha value is -2.23. The molecule has 1 fully saturated rings. The van der Waals surface area contributed by atoms with Crippen molar-refractivity contribution in [1.82, 2.24) is 15.5 Å². The van der Waals surface area contributed by atoms with Crippen LogP contribution in [0.5, 0.6) is 0 Å². The summed E-state index contributed by atoms with van der Waals surface area (Å²) in [6.07, 6.45) is -0.813. The lowest BCUT2D eigenvalue weighted by Gasteiger charge is -2.30. The Morgan fingerprint density at radius 2 is 1.91 bits per heavy atom. The Bertz CT molecular complexity index is 846. The summed E-state index contributed by atoms with van der Waals surface area (Å²) in [7, 11) is 1.29. The van der Waals surface area contributed by atoms with Gasteiger partial charge in [0.25, 0.3) is 0 Å². The molecule has 9 nitrogen and oxygen atoms in total. The average Bonchev–Trinajstić information content (AvgIpc) is 2.95. The number of methoxy groups -OCH3 is 1. The van der Waals surface area contributed by atoms with Crippen molar-refractivity contribution in [2.24, 2.45) is 0 Å². The van der Waals surface area contributed by atoms with Crippen molar-refractivity contribution >= 4 is 41.3 Å². The fourth-order valence-corrected chi connectivity index (χ4v) is 3.58. The van der Waals surface area contributed by atoms with E-state index in [4.69, 9.17) is 32.7 Å². The van der Waals surface area contributed by atoms with Gasteiger partial charge in [-0.1, -0.05) is 29.3 Å². The van der Waals surface area contributed by atoms with Crippen LogP contribution in [0.1, 0.15) is 38.7 Å². The van der Waals surface area contributed by atoms with Crippen LogP contribution < -0.4 is 10.6 Å². The van der Waals surface area contributed by atoms with Crippen molar-refractivity contribution in [3.05, 3.63) is 33.8 Å². The molecule has 2 rings (SSSR count). The lowest BCUT2D eigenvalue weighted by molar-refractivity contribution is -0.140. The number of benzene rings is 1. The number of halogens is 2. The summed E-state index contributed by atoms with van der Waals surface area (Å²) in [5, 5.41) is 6.16. The highest BCUT2D eigenvalue weighted by Crippen LogP contribution is 2.31. The zero-order valence-electron chi connectivity index (χ0n) is 19.3. The number of nitrogens with one attached hydrogen (secondary N) is 2. The van der Waals surface area contributed by atoms with Crippen LogP contribution in [-0.2, 0) is 19.0 Å². The molecular weight excluding hydrogens is 473 g/mol. The van der Waals surface area contributed by atoms with Gasteiger partial charge in [-0.05, 0) is 38.5 Å². The van der Waals surface area contributed by atoms with Crippen molar-refractivity contribution in [2.75, 3.05) is 39.9 Å². The van der Waals surface area contributed by atoms with Crippen LogP contribution in [0.25, 0.3) is 0 Å². The summed E-state index contributed by atoms with van der Waals surface area (Å²) in [6, 6.07) is 4.81. The van der Waals surface area contributed by atoms with Gasteiger partial charge in [-0.2, -0.15) is 0 Å². The van der Waals surface area contributed by atoms with Crippen molar-refractivity contribution in [2.45, 2.75) is 44.8 Å². The standard InChI is InChI=1S/C22H31Cl2N3O6/c1-22(2,3)33-21(30)27-9-10-32-18(12-26-20(29)25-8-7-19(28)31-4)15(13-27)14-5-6-16(23)17(24)11-14/h5-6,11,15,18H,7-10,12-13H2,1-4H3,(H2,25,26,29)/t15-,18+/m0/s1. The fourth-order valence-electron chi connectivity index (χ4n) is 3.27. The largest absolute Gasteiger partial charge is 0.469 e. The zero-order chi connectivity index (χ0) is 24.6. The predicted octanol–water partition coefficient (Wildman–Crippen LogP) is 3.58. The maximum Gasteiger partial charge on any atom is 0.410 e. The maximum atomic E-state index is 12.7. The molecule has 11 heteroatoms. The number of urea groups is 1. The minimum absolute atomic E-state index is 0.0700. The van der Waals surface area contributed by atoms with Crippen molar-refractivity contribution < 1.29 is 28.6 Å². The third-order valence-corrected chi connectivity index (χ3v) is 5.63. The molecule has 1 saturated heterocycles. The topological polar surface area (TPSA) is 106 Å². The molecule has 0 aliphatic carbocycles. The Balaban J connectivity index is 2.12. The van der Waals surface area contributed by atoms with E-state index in [9.17, 15) is 14.4 Å². The summed E-state index contributed by atoms with van der Waals surface area (Å²) < 4.78 is 16.1. The normalized spacial score (nSPS) is 18.8. The van der Waals surface area contributed by atoms with E-state index in [0.717, 1.165) is 5.56 Å². The van der Waals surface area contributed by atoms with Crippen LogP contribution in [0.3, 0.4) is 0 Å². The number of rotatable bonds is 6. The second kappa shape index (κ2) is 12.3. The van der Waals surface area contributed by atoms with Gasteiger partial charge in [-0.3, -0.25) is 4.79 Å². The zero-order valence-corrected chi connectivity index (χ0v) is 20.8. The summed E-state index contributed by atoms with van der Waals surface area (Å²) in [6.45, 7) is 6.67. The summed E-state index contributed by atoms with van der Waals surface area (Å²) in [5.41, 5.74) is 0.185. The van der Waals surface area contributed by atoms with E-state index in [0.29, 0.717) is 23.1 Å². The molecular formula is C22H31Cl2N3O6. The van der Waals surface area contributed by atoms with Crippen LogP contribution >= 0.6 is 23.2 Å². The SMILES string of the molecule is COC(=O)CCNC(=O)NC[C@H]1OCCN(C(=O)OC(C)(C)C)C[C@H]1c1ccc(Cl)c(Cl)c1. The van der Waals surface area contributed by atoms with Gasteiger partial charge < -0.3 is 29.7 Å². The Kier molecular flexibility index (Phi) is 10.1. The highest BCUT2D eigenvalue weighted by molar-refractivity contribution is 6.42. The molecule has 0 aromatic heterocycles. The number of hydrogen-bond donors (Lipinski definition) is 2. The highest BCUT2D eigenvalue weighted by atomic mass is 35.5. The smallest absolute Gasteiger partial charge is 0.410 e. The first kappa shape index (κ1) is 27.0. The van der Waals surface area contributed by atoms with Crippen LogP contribution in [0.15, 0.2) is 18.2 Å². The summed E-state index contributed by atoms with van der Waals surface area (Å²) >= 11 is 12.3. The molecule has 2 N–H and O–H groups in total. The van der Waals surface area contributed by atoms with Gasteiger partial charge in [0.05, 0.1) is 36.3 Å². The van der Waals surface area contributed by atoms with E-state index in [1.807, 2.05) is 6.07 Å². The van der Waals surface area contributed by atoms with E-state index >= 15 is 0 Å². The number of hydrogen-bond acceptors (Lipinski definition) is 6. The minimum atomic E-state index is -0.632. The molecule has 33 heavy (non-hydrogen) atoms. The van der Waals surface area contributed by atoms with Crippen molar-refractivity contribution in [3.8, 4) is 0 Å². The number of amides is 3. The average molecular weight is 504 g/mol. The fraction of sp³-hybridized carbons (Fsp3) is 0.591. The van der Waals surface area contributed by atoms with Crippen molar-refractivity contribution in [3.63, 3.8) is 0 Å². The monoisotopic (exact) mass is 503 g/mol. The van der Waals surface area contributed by atoms with Crippen molar-refractivity contribution in [1.29, 1.82) is 0 Å². The van der Waals surface area contributed by atoms with E-state index in [1.165, 1.54) is 7.11 Å². The third kappa shape index (κ3) is 8.91. The van der Waals surface area contributed by atoms with E-state index in [-0.39, 0.29) is 32.0 Å². The Labute approximate surface area is 204 Å². The Morgan fingerprint density at radius 3 is 2.55 bits per heavy atom. The molecule has 0 saturated carbocycles. The second-order valence-electron chi connectivity index (χ2n) is 8.58. The Morgan fingerprint density at radius 1 is 1.18 bits per heavy atom. The van der Waals surface area contributed by atoms with Crippen LogP contribution in [0.2, 0.25) is 10.0 Å². The molecule has 1 heterocycles. The summed E-state index contributed by atoms with van der Waals surface area (Å²) in [4.78, 5) is 37.7. The lowest BCUT2D eigenvalue weighted by Crippen LogP contribution is -2.44. The lowest BCUT2D eigenvalue weighted by atomic mass is 9.92. The van der Waals surface area contributed by atoms with Gasteiger partial charge in [0.15, 0.2) is 0 Å². The highest BCUT2D eigenvalue weighted by Gasteiger charge is 2.33. The molecule has 1 aromatic carbocycles. The number of carbonyl (C=O) groups excluding carboxylic acids is 3. The van der Waals surface area contributed by atoms with E-state index in [2.05, 4.69) is 15.4 Å². The number of ether oxygens (including phenoxy) is 3. The molecule has 0 unspecified atom stereocenters.